The summed E-state index contributed by atoms with van der Waals surface area (Å²) in [5, 5.41) is 3.51. The van der Waals surface area contributed by atoms with Crippen LogP contribution in [0.5, 0.6) is 0 Å². The molecule has 0 radical (unpaired) electrons. The minimum atomic E-state index is -0.300. The molecule has 1 atom stereocenters. The smallest absolute Gasteiger partial charge is 0.348 e. The molecule has 1 aliphatic heterocycles. The zero-order valence-electron chi connectivity index (χ0n) is 16.9. The number of halogens is 1. The van der Waals surface area contributed by atoms with Gasteiger partial charge in [-0.1, -0.05) is 23.9 Å². The van der Waals surface area contributed by atoms with E-state index in [-0.39, 0.29) is 29.3 Å². The lowest BCUT2D eigenvalue weighted by Crippen LogP contribution is -2.34. The van der Waals surface area contributed by atoms with Crippen molar-refractivity contribution in [3.8, 4) is 0 Å². The van der Waals surface area contributed by atoms with Crippen LogP contribution < -0.4 is 11.0 Å². The summed E-state index contributed by atoms with van der Waals surface area (Å²) in [7, 11) is 0. The van der Waals surface area contributed by atoms with Gasteiger partial charge in [-0.3, -0.25) is 9.36 Å². The molecule has 0 spiro atoms. The number of rotatable bonds is 7. The van der Waals surface area contributed by atoms with Crippen LogP contribution in [0, 0.1) is 5.82 Å². The van der Waals surface area contributed by atoms with Gasteiger partial charge in [0.1, 0.15) is 10.8 Å². The average Bonchev–Trinajstić information content (AvgIpc) is 3.27. The van der Waals surface area contributed by atoms with Crippen LogP contribution in [0.15, 0.2) is 34.1 Å². The van der Waals surface area contributed by atoms with E-state index in [1.54, 1.807) is 16.7 Å². The number of hydrogen-bond donors (Lipinski definition) is 1. The first-order valence-corrected chi connectivity index (χ1v) is 11.5. The minimum absolute atomic E-state index is 0.0891. The van der Waals surface area contributed by atoms with E-state index < -0.39 is 0 Å². The Hall–Kier alpha value is -2.19. The van der Waals surface area contributed by atoms with Crippen LogP contribution >= 0.6 is 11.8 Å². The van der Waals surface area contributed by atoms with Crippen molar-refractivity contribution in [1.29, 1.82) is 0 Å². The Morgan fingerprint density at radius 3 is 2.80 bits per heavy atom. The third kappa shape index (κ3) is 5.10. The Balaban J connectivity index is 1.42. The van der Waals surface area contributed by atoms with Crippen LogP contribution in [-0.4, -0.2) is 33.9 Å². The van der Waals surface area contributed by atoms with Crippen LogP contribution in [0.2, 0.25) is 0 Å². The summed E-state index contributed by atoms with van der Waals surface area (Å²) < 4.78 is 20.5. The summed E-state index contributed by atoms with van der Waals surface area (Å²) in [5.41, 5.74) is 2.75. The number of amides is 1. The fourth-order valence-electron chi connectivity index (χ4n) is 4.04. The van der Waals surface area contributed by atoms with Crippen molar-refractivity contribution in [1.82, 2.24) is 14.9 Å². The first-order valence-electron chi connectivity index (χ1n) is 10.5. The number of carbonyl (C=O) groups excluding carboxylic acids is 1. The first kappa shape index (κ1) is 21.1. The normalized spacial score (nSPS) is 18.2. The van der Waals surface area contributed by atoms with Gasteiger partial charge < -0.3 is 10.1 Å². The quantitative estimate of drug-likeness (QED) is 0.539. The summed E-state index contributed by atoms with van der Waals surface area (Å²) in [5.74, 6) is -0.250. The van der Waals surface area contributed by atoms with Gasteiger partial charge in [0.2, 0.25) is 5.91 Å². The summed E-state index contributed by atoms with van der Waals surface area (Å²) in [6, 6.07) is 6.04. The average molecular weight is 432 g/mol. The predicted molar refractivity (Wildman–Crippen MR) is 113 cm³/mol. The third-order valence-corrected chi connectivity index (χ3v) is 6.62. The molecule has 30 heavy (non-hydrogen) atoms. The van der Waals surface area contributed by atoms with Gasteiger partial charge in [0, 0.05) is 24.4 Å². The Labute approximate surface area is 179 Å². The summed E-state index contributed by atoms with van der Waals surface area (Å²) >= 11 is 1.32. The van der Waals surface area contributed by atoms with E-state index in [2.05, 4.69) is 10.3 Å². The number of fused-ring (bicyclic) bond motifs is 1. The molecule has 0 saturated carbocycles. The number of aromatic nitrogens is 2. The zero-order chi connectivity index (χ0) is 20.9. The third-order valence-electron chi connectivity index (χ3n) is 5.60. The van der Waals surface area contributed by atoms with Gasteiger partial charge in [0.25, 0.3) is 0 Å². The van der Waals surface area contributed by atoms with Crippen LogP contribution in [0.4, 0.5) is 4.39 Å². The van der Waals surface area contributed by atoms with Crippen molar-refractivity contribution in [3.63, 3.8) is 0 Å². The number of hydrogen-bond acceptors (Lipinski definition) is 5. The molecular formula is C22H26FN3O3S. The van der Waals surface area contributed by atoms with Crippen molar-refractivity contribution >= 4 is 17.7 Å². The molecular weight excluding hydrogens is 405 g/mol. The SMILES string of the molecule is O=C(CSc1nc(=O)n(C[C@H]2CCCO2)c2c1CCCC2)NCc1ccc(F)cc1. The topological polar surface area (TPSA) is 73.2 Å². The van der Waals surface area contributed by atoms with Gasteiger partial charge in [-0.2, -0.15) is 4.98 Å². The molecule has 1 aromatic carbocycles. The van der Waals surface area contributed by atoms with Crippen molar-refractivity contribution in [2.24, 2.45) is 0 Å². The number of thioether (sulfide) groups is 1. The molecule has 2 aliphatic rings. The minimum Gasteiger partial charge on any atom is -0.376 e. The van der Waals surface area contributed by atoms with Crippen molar-refractivity contribution < 1.29 is 13.9 Å². The van der Waals surface area contributed by atoms with E-state index in [0.717, 1.165) is 62.0 Å². The van der Waals surface area contributed by atoms with Crippen LogP contribution in [0.3, 0.4) is 0 Å². The van der Waals surface area contributed by atoms with Gasteiger partial charge in [-0.25, -0.2) is 9.18 Å². The van der Waals surface area contributed by atoms with E-state index >= 15 is 0 Å². The zero-order valence-corrected chi connectivity index (χ0v) is 17.7. The molecule has 1 saturated heterocycles. The summed E-state index contributed by atoms with van der Waals surface area (Å²) in [4.78, 5) is 29.3. The number of ether oxygens (including phenoxy) is 1. The highest BCUT2D eigenvalue weighted by atomic mass is 32.2. The Kier molecular flexibility index (Phi) is 6.84. The maximum Gasteiger partial charge on any atom is 0.348 e. The van der Waals surface area contributed by atoms with Crippen molar-refractivity contribution in [2.75, 3.05) is 12.4 Å². The second-order valence-electron chi connectivity index (χ2n) is 7.77. The van der Waals surface area contributed by atoms with Gasteiger partial charge in [0.15, 0.2) is 0 Å². The highest BCUT2D eigenvalue weighted by Gasteiger charge is 2.24. The van der Waals surface area contributed by atoms with Gasteiger partial charge >= 0.3 is 5.69 Å². The summed E-state index contributed by atoms with van der Waals surface area (Å²) in [6.45, 7) is 1.67. The van der Waals surface area contributed by atoms with Crippen molar-refractivity contribution in [3.05, 3.63) is 57.4 Å². The Bertz CT molecular complexity index is 955. The summed E-state index contributed by atoms with van der Waals surface area (Å²) in [6.07, 6.45) is 5.98. The molecule has 8 heteroatoms. The van der Waals surface area contributed by atoms with Crippen LogP contribution in [0.1, 0.15) is 42.5 Å². The lowest BCUT2D eigenvalue weighted by atomic mass is 9.97. The van der Waals surface area contributed by atoms with E-state index in [4.69, 9.17) is 4.74 Å². The Morgan fingerprint density at radius 1 is 1.23 bits per heavy atom. The lowest BCUT2D eigenvalue weighted by Gasteiger charge is -2.24. The monoisotopic (exact) mass is 431 g/mol. The van der Waals surface area contributed by atoms with E-state index in [1.165, 1.54) is 23.9 Å². The molecule has 1 fully saturated rings. The lowest BCUT2D eigenvalue weighted by molar-refractivity contribution is -0.118. The van der Waals surface area contributed by atoms with E-state index in [9.17, 15) is 14.0 Å². The standard InChI is InChI=1S/C22H26FN3O3S/c23-16-9-7-15(8-10-16)12-24-20(27)14-30-21-18-5-1-2-6-19(18)26(22(28)25-21)13-17-4-3-11-29-17/h7-10,17H,1-6,11-14H2,(H,24,27)/t17-/m1/s1. The molecule has 1 aliphatic carbocycles. The molecule has 1 N–H and O–H groups in total. The maximum absolute atomic E-state index is 13.0. The van der Waals surface area contributed by atoms with E-state index in [0.29, 0.717) is 18.1 Å². The Morgan fingerprint density at radius 2 is 2.03 bits per heavy atom. The van der Waals surface area contributed by atoms with Crippen LogP contribution in [-0.2, 0) is 35.5 Å². The molecule has 1 amide bonds. The van der Waals surface area contributed by atoms with Gasteiger partial charge in [0.05, 0.1) is 18.4 Å². The fourth-order valence-corrected chi connectivity index (χ4v) is 4.94. The number of nitrogens with one attached hydrogen (secondary N) is 1. The number of benzene rings is 1. The maximum atomic E-state index is 13.0. The molecule has 1 aromatic heterocycles. The van der Waals surface area contributed by atoms with Gasteiger partial charge in [-0.05, 0) is 56.2 Å². The second kappa shape index (κ2) is 9.75. The predicted octanol–water partition coefficient (Wildman–Crippen LogP) is 2.85. The molecule has 2 heterocycles. The molecule has 0 bridgehead atoms. The second-order valence-corrected chi connectivity index (χ2v) is 8.73. The highest BCUT2D eigenvalue weighted by molar-refractivity contribution is 7.99. The highest BCUT2D eigenvalue weighted by Crippen LogP contribution is 2.29. The van der Waals surface area contributed by atoms with E-state index in [1.807, 2.05) is 0 Å². The molecule has 4 rings (SSSR count). The molecule has 6 nitrogen and oxygen atoms in total. The van der Waals surface area contributed by atoms with Crippen LogP contribution in [0.25, 0.3) is 0 Å². The molecule has 160 valence electrons. The largest absolute Gasteiger partial charge is 0.376 e. The molecule has 0 unspecified atom stereocenters. The van der Waals surface area contributed by atoms with Gasteiger partial charge in [-0.15, -0.1) is 0 Å². The van der Waals surface area contributed by atoms with Crippen molar-refractivity contribution in [2.45, 2.75) is 62.7 Å². The fraction of sp³-hybridized carbons (Fsp3) is 0.500. The number of nitrogens with zero attached hydrogens (tertiary/aromatic N) is 2. The number of carbonyl (C=O) groups is 1. The molecule has 2 aromatic rings. The first-order chi connectivity index (χ1) is 14.6.